The fraction of sp³-hybridized carbons (Fsp3) is 0.500. The Bertz CT molecular complexity index is 349. The minimum absolute atomic E-state index is 0.448. The number of rotatable bonds is 4. The van der Waals surface area contributed by atoms with E-state index in [4.69, 9.17) is 11.6 Å². The molecule has 1 aromatic carbocycles. The Hall–Kier alpha value is -0.0500. The lowest BCUT2D eigenvalue weighted by Gasteiger charge is -2.18. The third kappa shape index (κ3) is 2.96. The maximum atomic E-state index is 5.93. The number of hydrogen-bond donors (Lipinski definition) is 1. The van der Waals surface area contributed by atoms with Crippen LogP contribution in [0.5, 0.6) is 0 Å². The molecule has 3 heteroatoms. The summed E-state index contributed by atoms with van der Waals surface area (Å²) in [6, 6.07) is 6.48. The molecular weight excluding hydrogens is 273 g/mol. The smallest absolute Gasteiger partial charge is 0.0417 e. The van der Waals surface area contributed by atoms with E-state index in [2.05, 4.69) is 27.3 Å². The molecule has 1 atom stereocenters. The Kier molecular flexibility index (Phi) is 3.70. The van der Waals surface area contributed by atoms with Gasteiger partial charge in [0.05, 0.1) is 0 Å². The molecule has 0 aromatic heterocycles. The zero-order valence-corrected chi connectivity index (χ0v) is 11.1. The Morgan fingerprint density at radius 3 is 2.80 bits per heavy atom. The molecule has 0 heterocycles. The van der Waals surface area contributed by atoms with Gasteiger partial charge in [-0.3, -0.25) is 0 Å². The van der Waals surface area contributed by atoms with Crippen molar-refractivity contribution in [2.24, 2.45) is 5.92 Å². The summed E-state index contributed by atoms with van der Waals surface area (Å²) in [7, 11) is 2.02. The number of nitrogens with one attached hydrogen (secondary N) is 1. The highest BCUT2D eigenvalue weighted by atomic mass is 79.9. The van der Waals surface area contributed by atoms with Crippen LogP contribution in [0, 0.1) is 5.92 Å². The average Bonchev–Trinajstić information content (AvgIpc) is 2.99. The summed E-state index contributed by atoms with van der Waals surface area (Å²) in [4.78, 5) is 0. The van der Waals surface area contributed by atoms with Crippen molar-refractivity contribution in [2.75, 3.05) is 7.05 Å². The molecule has 1 fully saturated rings. The SMILES string of the molecule is CNC(CC1CC1)c1ccc(Cl)cc1Br. The van der Waals surface area contributed by atoms with Gasteiger partial charge in [-0.2, -0.15) is 0 Å². The van der Waals surface area contributed by atoms with Crippen molar-refractivity contribution >= 4 is 27.5 Å². The third-order valence-electron chi connectivity index (χ3n) is 2.95. The van der Waals surface area contributed by atoms with Crippen LogP contribution in [-0.4, -0.2) is 7.05 Å². The molecule has 1 aromatic rings. The molecule has 1 saturated carbocycles. The van der Waals surface area contributed by atoms with Crippen LogP contribution in [0.1, 0.15) is 30.9 Å². The highest BCUT2D eigenvalue weighted by molar-refractivity contribution is 9.10. The van der Waals surface area contributed by atoms with Crippen LogP contribution >= 0.6 is 27.5 Å². The molecule has 1 nitrogen and oxygen atoms in total. The zero-order chi connectivity index (χ0) is 10.8. The lowest BCUT2D eigenvalue weighted by Crippen LogP contribution is -2.17. The third-order valence-corrected chi connectivity index (χ3v) is 3.87. The van der Waals surface area contributed by atoms with Crippen molar-refractivity contribution in [3.05, 3.63) is 33.3 Å². The van der Waals surface area contributed by atoms with E-state index in [1.807, 2.05) is 19.2 Å². The molecule has 1 aliphatic rings. The molecule has 0 aliphatic heterocycles. The second-order valence-corrected chi connectivity index (χ2v) is 5.48. The quantitative estimate of drug-likeness (QED) is 0.877. The van der Waals surface area contributed by atoms with Gasteiger partial charge >= 0.3 is 0 Å². The molecule has 82 valence electrons. The molecule has 1 N–H and O–H groups in total. The number of halogens is 2. The van der Waals surface area contributed by atoms with Gasteiger partial charge in [0.2, 0.25) is 0 Å². The minimum Gasteiger partial charge on any atom is -0.313 e. The van der Waals surface area contributed by atoms with Crippen LogP contribution in [-0.2, 0) is 0 Å². The lowest BCUT2D eigenvalue weighted by atomic mass is 10.0. The van der Waals surface area contributed by atoms with Gasteiger partial charge in [0, 0.05) is 15.5 Å². The van der Waals surface area contributed by atoms with Gasteiger partial charge in [0.1, 0.15) is 0 Å². The van der Waals surface area contributed by atoms with Gasteiger partial charge in [-0.1, -0.05) is 46.4 Å². The van der Waals surface area contributed by atoms with Crippen molar-refractivity contribution in [1.29, 1.82) is 0 Å². The highest BCUT2D eigenvalue weighted by Crippen LogP contribution is 2.39. The number of benzene rings is 1. The van der Waals surface area contributed by atoms with Crippen molar-refractivity contribution in [1.82, 2.24) is 5.32 Å². The van der Waals surface area contributed by atoms with Crippen LogP contribution < -0.4 is 5.32 Å². The van der Waals surface area contributed by atoms with Crippen LogP contribution in [0.2, 0.25) is 5.02 Å². The van der Waals surface area contributed by atoms with Gasteiger partial charge < -0.3 is 5.32 Å². The van der Waals surface area contributed by atoms with Gasteiger partial charge in [0.25, 0.3) is 0 Å². The summed E-state index contributed by atoms with van der Waals surface area (Å²) in [5, 5.41) is 4.16. The molecule has 0 bridgehead atoms. The molecule has 1 unspecified atom stereocenters. The van der Waals surface area contributed by atoms with Gasteiger partial charge in [-0.15, -0.1) is 0 Å². The van der Waals surface area contributed by atoms with Crippen LogP contribution in [0.4, 0.5) is 0 Å². The maximum Gasteiger partial charge on any atom is 0.0417 e. The summed E-state index contributed by atoms with van der Waals surface area (Å²) in [6.45, 7) is 0. The fourth-order valence-corrected chi connectivity index (χ4v) is 2.83. The van der Waals surface area contributed by atoms with Crippen molar-refractivity contribution < 1.29 is 0 Å². The zero-order valence-electron chi connectivity index (χ0n) is 8.76. The minimum atomic E-state index is 0.448. The second kappa shape index (κ2) is 4.86. The average molecular weight is 289 g/mol. The monoisotopic (exact) mass is 287 g/mol. The first-order valence-corrected chi connectivity index (χ1v) is 6.50. The Morgan fingerprint density at radius 1 is 1.53 bits per heavy atom. The summed E-state index contributed by atoms with van der Waals surface area (Å²) in [6.07, 6.45) is 4.02. The van der Waals surface area contributed by atoms with Gasteiger partial charge in [0.15, 0.2) is 0 Å². The first-order chi connectivity index (χ1) is 7.20. The van der Waals surface area contributed by atoms with Crippen molar-refractivity contribution in [3.8, 4) is 0 Å². The maximum absolute atomic E-state index is 5.93. The summed E-state index contributed by atoms with van der Waals surface area (Å²) in [5.74, 6) is 0.921. The topological polar surface area (TPSA) is 12.0 Å². The Morgan fingerprint density at radius 2 is 2.27 bits per heavy atom. The summed E-state index contributed by atoms with van der Waals surface area (Å²) in [5.41, 5.74) is 1.31. The van der Waals surface area contributed by atoms with Gasteiger partial charge in [-0.25, -0.2) is 0 Å². The predicted octanol–water partition coefficient (Wildman–Crippen LogP) is 4.16. The predicted molar refractivity (Wildman–Crippen MR) is 68.3 cm³/mol. The fourth-order valence-electron chi connectivity index (χ4n) is 1.87. The molecule has 0 amide bonds. The van der Waals surface area contributed by atoms with E-state index >= 15 is 0 Å². The number of hydrogen-bond acceptors (Lipinski definition) is 1. The normalized spacial score (nSPS) is 17.8. The van der Waals surface area contributed by atoms with Crippen LogP contribution in [0.3, 0.4) is 0 Å². The molecule has 0 spiro atoms. The van der Waals surface area contributed by atoms with E-state index in [1.165, 1.54) is 24.8 Å². The van der Waals surface area contributed by atoms with Crippen LogP contribution in [0.15, 0.2) is 22.7 Å². The first-order valence-electron chi connectivity index (χ1n) is 5.33. The Balaban J connectivity index is 2.16. The van der Waals surface area contributed by atoms with Gasteiger partial charge in [-0.05, 0) is 37.1 Å². The van der Waals surface area contributed by atoms with E-state index in [0.29, 0.717) is 6.04 Å². The van der Waals surface area contributed by atoms with Crippen molar-refractivity contribution in [2.45, 2.75) is 25.3 Å². The Labute approximate surface area is 104 Å². The van der Waals surface area contributed by atoms with E-state index < -0.39 is 0 Å². The second-order valence-electron chi connectivity index (χ2n) is 4.19. The van der Waals surface area contributed by atoms with E-state index in [-0.39, 0.29) is 0 Å². The molecule has 15 heavy (non-hydrogen) atoms. The largest absolute Gasteiger partial charge is 0.313 e. The lowest BCUT2D eigenvalue weighted by molar-refractivity contribution is 0.513. The first kappa shape index (κ1) is 11.4. The molecule has 0 radical (unpaired) electrons. The summed E-state index contributed by atoms with van der Waals surface area (Å²) < 4.78 is 1.11. The van der Waals surface area contributed by atoms with Crippen LogP contribution in [0.25, 0.3) is 0 Å². The van der Waals surface area contributed by atoms with Crippen molar-refractivity contribution in [3.63, 3.8) is 0 Å². The highest BCUT2D eigenvalue weighted by Gasteiger charge is 2.26. The molecule has 2 rings (SSSR count). The van der Waals surface area contributed by atoms with E-state index in [9.17, 15) is 0 Å². The summed E-state index contributed by atoms with van der Waals surface area (Å²) >= 11 is 9.51. The molecule has 1 aliphatic carbocycles. The molecule has 0 saturated heterocycles. The van der Waals surface area contributed by atoms with E-state index in [0.717, 1.165) is 15.4 Å². The van der Waals surface area contributed by atoms with E-state index in [1.54, 1.807) is 0 Å². The molecular formula is C12H15BrClN. The standard InChI is InChI=1S/C12H15BrClN/c1-15-12(6-8-2-3-8)10-5-4-9(14)7-11(10)13/h4-5,7-8,12,15H,2-3,6H2,1H3.